The van der Waals surface area contributed by atoms with Gasteiger partial charge in [0, 0.05) is 11.1 Å². The third-order valence-corrected chi connectivity index (χ3v) is 4.41. The number of hydrogen-bond acceptors (Lipinski definition) is 2. The largest absolute Gasteiger partial charge is 0.381 e. The quantitative estimate of drug-likeness (QED) is 0.857. The minimum absolute atomic E-state index is 0.473. The Balaban J connectivity index is 2.00. The smallest absolute Gasteiger partial charge is 0.101 e. The minimum atomic E-state index is 0.473. The summed E-state index contributed by atoms with van der Waals surface area (Å²) in [6, 6.07) is 8.09. The van der Waals surface area contributed by atoms with Gasteiger partial charge in [0.25, 0.3) is 0 Å². The summed E-state index contributed by atoms with van der Waals surface area (Å²) in [5.74, 6) is 1.63. The first-order valence-electron chi connectivity index (χ1n) is 7.06. The lowest BCUT2D eigenvalue weighted by atomic mass is 9.79. The zero-order valence-electron chi connectivity index (χ0n) is 11.6. The first-order chi connectivity index (χ1) is 9.10. The van der Waals surface area contributed by atoms with E-state index in [1.165, 1.54) is 25.7 Å². The summed E-state index contributed by atoms with van der Waals surface area (Å²) >= 11 is 6.01. The second-order valence-electron chi connectivity index (χ2n) is 5.80. The molecule has 0 unspecified atom stereocenters. The molecule has 2 nitrogen and oxygen atoms in total. The average molecular weight is 277 g/mol. The first kappa shape index (κ1) is 14.2. The number of benzene rings is 1. The summed E-state index contributed by atoms with van der Waals surface area (Å²) in [5.41, 5.74) is 1.55. The highest BCUT2D eigenvalue weighted by Crippen LogP contribution is 2.32. The predicted molar refractivity (Wildman–Crippen MR) is 80.4 cm³/mol. The van der Waals surface area contributed by atoms with Crippen molar-refractivity contribution in [3.05, 3.63) is 28.8 Å². The second kappa shape index (κ2) is 6.30. The van der Waals surface area contributed by atoms with Gasteiger partial charge in [0.15, 0.2) is 0 Å². The molecule has 1 aromatic rings. The molecule has 0 bridgehead atoms. The number of hydrogen-bond donors (Lipinski definition) is 1. The van der Waals surface area contributed by atoms with Crippen molar-refractivity contribution in [1.82, 2.24) is 0 Å². The van der Waals surface area contributed by atoms with E-state index in [1.807, 2.05) is 6.07 Å². The highest BCUT2D eigenvalue weighted by atomic mass is 35.5. The molecule has 1 aromatic carbocycles. The number of rotatable bonds is 3. The van der Waals surface area contributed by atoms with Gasteiger partial charge in [0.2, 0.25) is 0 Å². The van der Waals surface area contributed by atoms with Gasteiger partial charge in [-0.25, -0.2) is 0 Å². The Kier molecular flexibility index (Phi) is 4.71. The van der Waals surface area contributed by atoms with E-state index in [-0.39, 0.29) is 0 Å². The van der Waals surface area contributed by atoms with Gasteiger partial charge >= 0.3 is 0 Å². The molecule has 0 saturated heterocycles. The second-order valence-corrected chi connectivity index (χ2v) is 6.24. The molecule has 1 aliphatic carbocycles. The van der Waals surface area contributed by atoms with Crippen LogP contribution >= 0.6 is 11.6 Å². The molecule has 0 aliphatic heterocycles. The monoisotopic (exact) mass is 276 g/mol. The highest BCUT2D eigenvalue weighted by Gasteiger charge is 2.23. The zero-order valence-corrected chi connectivity index (χ0v) is 12.4. The minimum Gasteiger partial charge on any atom is -0.381 e. The van der Waals surface area contributed by atoms with E-state index in [9.17, 15) is 0 Å². The molecule has 102 valence electrons. The van der Waals surface area contributed by atoms with E-state index in [1.54, 1.807) is 12.1 Å². The maximum atomic E-state index is 9.12. The first-order valence-corrected chi connectivity index (χ1v) is 7.44. The van der Waals surface area contributed by atoms with Crippen LogP contribution in [0.5, 0.6) is 0 Å². The van der Waals surface area contributed by atoms with E-state index in [0.29, 0.717) is 16.6 Å². The lowest BCUT2D eigenvalue weighted by molar-refractivity contribution is 0.267. The highest BCUT2D eigenvalue weighted by molar-refractivity contribution is 6.30. The van der Waals surface area contributed by atoms with Crippen LogP contribution < -0.4 is 5.32 Å². The predicted octanol–water partition coefficient (Wildman–Crippen LogP) is 4.84. The summed E-state index contributed by atoms with van der Waals surface area (Å²) in [7, 11) is 0. The third-order valence-electron chi connectivity index (χ3n) is 4.18. The number of nitrogens with zero attached hydrogens (tertiary/aromatic N) is 1. The molecule has 0 amide bonds. The molecular weight excluding hydrogens is 256 g/mol. The maximum absolute atomic E-state index is 9.12. The van der Waals surface area contributed by atoms with Gasteiger partial charge in [-0.15, -0.1) is 0 Å². The molecule has 1 saturated carbocycles. The molecule has 0 atom stereocenters. The number of anilines is 1. The van der Waals surface area contributed by atoms with Crippen LogP contribution in [-0.4, -0.2) is 6.04 Å². The fraction of sp³-hybridized carbons (Fsp3) is 0.562. The van der Waals surface area contributed by atoms with Crippen LogP contribution in [0.1, 0.15) is 45.1 Å². The van der Waals surface area contributed by atoms with Crippen molar-refractivity contribution in [2.24, 2.45) is 11.8 Å². The molecule has 1 fully saturated rings. The Morgan fingerprint density at radius 3 is 2.53 bits per heavy atom. The molecule has 0 aromatic heterocycles. The van der Waals surface area contributed by atoms with Gasteiger partial charge in [0.1, 0.15) is 6.07 Å². The van der Waals surface area contributed by atoms with Gasteiger partial charge in [-0.3, -0.25) is 0 Å². The van der Waals surface area contributed by atoms with Crippen LogP contribution in [0.4, 0.5) is 5.69 Å². The molecule has 1 aliphatic rings. The molecule has 19 heavy (non-hydrogen) atoms. The van der Waals surface area contributed by atoms with Gasteiger partial charge in [-0.2, -0.15) is 5.26 Å². The Morgan fingerprint density at radius 2 is 1.95 bits per heavy atom. The van der Waals surface area contributed by atoms with E-state index < -0.39 is 0 Å². The third kappa shape index (κ3) is 3.64. The molecule has 0 heterocycles. The van der Waals surface area contributed by atoms with E-state index in [4.69, 9.17) is 16.9 Å². The summed E-state index contributed by atoms with van der Waals surface area (Å²) in [5, 5.41) is 13.3. The van der Waals surface area contributed by atoms with E-state index >= 15 is 0 Å². The molecule has 0 radical (unpaired) electrons. The summed E-state index contributed by atoms with van der Waals surface area (Å²) in [6.45, 7) is 4.62. The fourth-order valence-electron chi connectivity index (χ4n) is 2.88. The molecule has 2 rings (SSSR count). The summed E-state index contributed by atoms with van der Waals surface area (Å²) in [4.78, 5) is 0. The Labute approximate surface area is 120 Å². The van der Waals surface area contributed by atoms with Crippen molar-refractivity contribution in [3.8, 4) is 6.07 Å². The Bertz CT molecular complexity index is 468. The summed E-state index contributed by atoms with van der Waals surface area (Å²) in [6.07, 6.45) is 4.91. The van der Waals surface area contributed by atoms with Gasteiger partial charge < -0.3 is 5.32 Å². The Morgan fingerprint density at radius 1 is 1.26 bits per heavy atom. The van der Waals surface area contributed by atoms with Crippen LogP contribution in [0.2, 0.25) is 5.02 Å². The van der Waals surface area contributed by atoms with Gasteiger partial charge in [0.05, 0.1) is 11.3 Å². The van der Waals surface area contributed by atoms with E-state index in [2.05, 4.69) is 25.2 Å². The van der Waals surface area contributed by atoms with Gasteiger partial charge in [-0.1, -0.05) is 25.4 Å². The van der Waals surface area contributed by atoms with Crippen molar-refractivity contribution >= 4 is 17.3 Å². The van der Waals surface area contributed by atoms with Crippen LogP contribution in [0.15, 0.2) is 18.2 Å². The number of nitriles is 1. The molecular formula is C16H21ClN2. The van der Waals surface area contributed by atoms with Crippen molar-refractivity contribution in [3.63, 3.8) is 0 Å². The van der Waals surface area contributed by atoms with Crippen LogP contribution in [0.3, 0.4) is 0 Å². The maximum Gasteiger partial charge on any atom is 0.101 e. The van der Waals surface area contributed by atoms with Crippen LogP contribution in [0.25, 0.3) is 0 Å². The van der Waals surface area contributed by atoms with Crippen LogP contribution in [0, 0.1) is 23.2 Å². The molecule has 0 spiro atoms. The standard InChI is InChI=1S/C16H21ClN2/c1-11(2)12-4-7-15(8-5-12)19-16-9-14(17)6-3-13(16)10-18/h3,6,9,11-12,15,19H,4-5,7-8H2,1-2H3. The lowest BCUT2D eigenvalue weighted by Crippen LogP contribution is -2.28. The average Bonchev–Trinajstić information content (AvgIpc) is 2.39. The van der Waals surface area contributed by atoms with Crippen molar-refractivity contribution in [2.45, 2.75) is 45.6 Å². The zero-order chi connectivity index (χ0) is 13.8. The van der Waals surface area contributed by atoms with Crippen molar-refractivity contribution in [1.29, 1.82) is 5.26 Å². The lowest BCUT2D eigenvalue weighted by Gasteiger charge is -2.32. The fourth-order valence-corrected chi connectivity index (χ4v) is 3.06. The molecule has 1 N–H and O–H groups in total. The summed E-state index contributed by atoms with van der Waals surface area (Å²) < 4.78 is 0. The Hall–Kier alpha value is -1.20. The normalized spacial score (nSPS) is 23.1. The van der Waals surface area contributed by atoms with Crippen LogP contribution in [-0.2, 0) is 0 Å². The number of halogens is 1. The topological polar surface area (TPSA) is 35.8 Å². The molecule has 3 heteroatoms. The van der Waals surface area contributed by atoms with Crippen molar-refractivity contribution < 1.29 is 0 Å². The number of nitrogens with one attached hydrogen (secondary N) is 1. The SMILES string of the molecule is CC(C)C1CCC(Nc2cc(Cl)ccc2C#N)CC1. The van der Waals surface area contributed by atoms with Crippen molar-refractivity contribution in [2.75, 3.05) is 5.32 Å². The van der Waals surface area contributed by atoms with E-state index in [0.717, 1.165) is 17.5 Å². The van der Waals surface area contributed by atoms with Gasteiger partial charge in [-0.05, 0) is 55.7 Å².